The number of ether oxygens (including phenoxy) is 1. The summed E-state index contributed by atoms with van der Waals surface area (Å²) in [6.07, 6.45) is -1.55. The number of carbonyl (C=O) groups is 1. The number of pyridine rings is 2. The minimum absolute atomic E-state index is 0.131. The van der Waals surface area contributed by atoms with E-state index in [-0.39, 0.29) is 11.8 Å². The summed E-state index contributed by atoms with van der Waals surface area (Å²) >= 11 is 0. The maximum absolute atomic E-state index is 12.4. The lowest BCUT2D eigenvalue weighted by Crippen LogP contribution is -2.26. The van der Waals surface area contributed by atoms with Gasteiger partial charge in [-0.15, -0.1) is 0 Å². The van der Waals surface area contributed by atoms with Gasteiger partial charge in [-0.2, -0.15) is 13.2 Å². The summed E-state index contributed by atoms with van der Waals surface area (Å²) in [5.74, 6) is -0.438. The minimum Gasteiger partial charge on any atom is -0.468 e. The highest BCUT2D eigenvalue weighted by atomic mass is 19.4. The number of amides is 1. The summed E-state index contributed by atoms with van der Waals surface area (Å²) in [6.45, 7) is 0.347. The molecular weight excluding hydrogens is 359 g/mol. The Morgan fingerprint density at radius 3 is 2.63 bits per heavy atom. The van der Waals surface area contributed by atoms with Gasteiger partial charge in [0.25, 0.3) is 5.91 Å². The van der Waals surface area contributed by atoms with Crippen molar-refractivity contribution in [2.45, 2.75) is 19.1 Å². The van der Waals surface area contributed by atoms with Crippen LogP contribution < -0.4 is 10.1 Å². The van der Waals surface area contributed by atoms with Crippen LogP contribution in [0.15, 0.2) is 54.9 Å². The fourth-order valence-corrected chi connectivity index (χ4v) is 2.45. The summed E-state index contributed by atoms with van der Waals surface area (Å²) in [4.78, 5) is 20.5. The van der Waals surface area contributed by atoms with E-state index in [1.54, 1.807) is 19.1 Å². The van der Waals surface area contributed by atoms with Crippen molar-refractivity contribution < 1.29 is 22.7 Å². The van der Waals surface area contributed by atoms with E-state index >= 15 is 0 Å². The molecule has 1 amide bonds. The molecule has 140 valence electrons. The second-order valence-corrected chi connectivity index (χ2v) is 5.95. The Hall–Kier alpha value is -3.16. The maximum Gasteiger partial charge on any atom is 0.422 e. The lowest BCUT2D eigenvalue weighted by atomic mass is 10.1. The van der Waals surface area contributed by atoms with E-state index in [4.69, 9.17) is 0 Å². The van der Waals surface area contributed by atoms with Crippen LogP contribution in [0.3, 0.4) is 0 Å². The molecule has 1 unspecified atom stereocenters. The molecule has 0 radical (unpaired) electrons. The summed E-state index contributed by atoms with van der Waals surface area (Å²) < 4.78 is 41.0. The van der Waals surface area contributed by atoms with E-state index in [2.05, 4.69) is 20.0 Å². The topological polar surface area (TPSA) is 64.1 Å². The third-order valence-electron chi connectivity index (χ3n) is 3.84. The first-order valence-corrected chi connectivity index (χ1v) is 8.13. The molecule has 0 aliphatic heterocycles. The van der Waals surface area contributed by atoms with Crippen LogP contribution in [0, 0.1) is 0 Å². The van der Waals surface area contributed by atoms with Gasteiger partial charge in [-0.05, 0) is 24.6 Å². The molecule has 0 saturated heterocycles. The van der Waals surface area contributed by atoms with Gasteiger partial charge in [-0.25, -0.2) is 4.98 Å². The molecule has 1 N–H and O–H groups in total. The molecule has 0 aliphatic rings. The summed E-state index contributed by atoms with van der Waals surface area (Å²) in [5.41, 5.74) is 1.84. The zero-order valence-electron chi connectivity index (χ0n) is 14.3. The van der Waals surface area contributed by atoms with Crippen molar-refractivity contribution in [2.75, 3.05) is 6.61 Å². The number of nitrogens with zero attached hydrogens (tertiary/aromatic N) is 2. The van der Waals surface area contributed by atoms with Crippen molar-refractivity contribution in [3.05, 3.63) is 66.0 Å². The van der Waals surface area contributed by atoms with Crippen molar-refractivity contribution in [1.82, 2.24) is 15.3 Å². The number of nitrogens with one attached hydrogen (secondary N) is 1. The van der Waals surface area contributed by atoms with Crippen molar-refractivity contribution in [2.24, 2.45) is 0 Å². The van der Waals surface area contributed by atoms with E-state index in [0.29, 0.717) is 11.1 Å². The molecular formula is C19H16F3N3O2. The largest absolute Gasteiger partial charge is 0.468 e. The molecule has 0 spiro atoms. The quantitative estimate of drug-likeness (QED) is 0.730. The number of halogens is 3. The molecule has 8 heteroatoms. The second-order valence-electron chi connectivity index (χ2n) is 5.95. The van der Waals surface area contributed by atoms with E-state index < -0.39 is 18.8 Å². The van der Waals surface area contributed by atoms with E-state index in [9.17, 15) is 18.0 Å². The lowest BCUT2D eigenvalue weighted by molar-refractivity contribution is -0.154. The zero-order chi connectivity index (χ0) is 19.4. The van der Waals surface area contributed by atoms with Crippen LogP contribution >= 0.6 is 0 Å². The first-order chi connectivity index (χ1) is 12.8. The van der Waals surface area contributed by atoms with Gasteiger partial charge < -0.3 is 10.1 Å². The predicted octanol–water partition coefficient (Wildman–Crippen LogP) is 4.06. The number of fused-ring (bicyclic) bond motifs is 1. The average Bonchev–Trinajstić information content (AvgIpc) is 2.65. The Balaban J connectivity index is 1.65. The molecule has 1 atom stereocenters. The molecule has 0 saturated carbocycles. The molecule has 0 fully saturated rings. The van der Waals surface area contributed by atoms with Crippen LogP contribution in [0.1, 0.15) is 28.9 Å². The monoisotopic (exact) mass is 375 g/mol. The maximum atomic E-state index is 12.4. The first kappa shape index (κ1) is 18.6. The van der Waals surface area contributed by atoms with Gasteiger partial charge in [0.1, 0.15) is 0 Å². The molecule has 2 aromatic heterocycles. The van der Waals surface area contributed by atoms with Gasteiger partial charge in [0.05, 0.1) is 17.1 Å². The Morgan fingerprint density at radius 1 is 1.15 bits per heavy atom. The number of para-hydroxylation sites is 1. The lowest BCUT2D eigenvalue weighted by Gasteiger charge is -2.15. The van der Waals surface area contributed by atoms with Gasteiger partial charge in [-0.1, -0.05) is 24.3 Å². The Labute approximate surface area is 153 Å². The van der Waals surface area contributed by atoms with Crippen molar-refractivity contribution >= 4 is 16.8 Å². The zero-order valence-corrected chi connectivity index (χ0v) is 14.3. The molecule has 3 aromatic rings. The third-order valence-corrected chi connectivity index (χ3v) is 3.84. The number of hydrogen-bond donors (Lipinski definition) is 1. The SMILES string of the molecule is CC(NC(=O)c1cnc2ccccc2c1)c1ccc(OCC(F)(F)F)nc1. The summed E-state index contributed by atoms with van der Waals surface area (Å²) in [6, 6.07) is 11.7. The molecule has 3 rings (SSSR count). The van der Waals surface area contributed by atoms with Crippen molar-refractivity contribution in [3.8, 4) is 5.88 Å². The van der Waals surface area contributed by atoms with Crippen LogP contribution in [0.4, 0.5) is 13.2 Å². The minimum atomic E-state index is -4.42. The Bertz CT molecular complexity index is 943. The fraction of sp³-hybridized carbons (Fsp3) is 0.211. The number of hydrogen-bond acceptors (Lipinski definition) is 4. The molecule has 2 heterocycles. The molecule has 5 nitrogen and oxygen atoms in total. The smallest absolute Gasteiger partial charge is 0.422 e. The van der Waals surface area contributed by atoms with Crippen molar-refractivity contribution in [1.29, 1.82) is 0 Å². The van der Waals surface area contributed by atoms with Gasteiger partial charge in [-0.3, -0.25) is 9.78 Å². The van der Waals surface area contributed by atoms with Crippen LogP contribution in [0.5, 0.6) is 5.88 Å². The molecule has 1 aromatic carbocycles. The summed E-state index contributed by atoms with van der Waals surface area (Å²) in [7, 11) is 0. The van der Waals surface area contributed by atoms with Crippen LogP contribution in [0.25, 0.3) is 10.9 Å². The highest BCUT2D eigenvalue weighted by molar-refractivity contribution is 5.97. The standard InChI is InChI=1S/C19H16F3N3O2/c1-12(14-6-7-17(24-9-14)27-11-19(20,21)22)25-18(26)15-8-13-4-2-3-5-16(13)23-10-15/h2-10,12H,11H2,1H3,(H,25,26). The van der Waals surface area contributed by atoms with Gasteiger partial charge in [0.2, 0.25) is 5.88 Å². The van der Waals surface area contributed by atoms with E-state index in [1.165, 1.54) is 18.5 Å². The van der Waals surface area contributed by atoms with E-state index in [0.717, 1.165) is 10.9 Å². The number of benzene rings is 1. The second kappa shape index (κ2) is 7.61. The van der Waals surface area contributed by atoms with Crippen LogP contribution in [-0.4, -0.2) is 28.7 Å². The Morgan fingerprint density at radius 2 is 1.93 bits per heavy atom. The highest BCUT2D eigenvalue weighted by Crippen LogP contribution is 2.19. The van der Waals surface area contributed by atoms with Crippen molar-refractivity contribution in [3.63, 3.8) is 0 Å². The molecule has 27 heavy (non-hydrogen) atoms. The van der Waals surface area contributed by atoms with E-state index in [1.807, 2.05) is 24.3 Å². The third kappa shape index (κ3) is 4.93. The number of rotatable bonds is 5. The summed E-state index contributed by atoms with van der Waals surface area (Å²) in [5, 5.41) is 3.67. The van der Waals surface area contributed by atoms with Crippen LogP contribution in [0.2, 0.25) is 0 Å². The molecule has 0 aliphatic carbocycles. The van der Waals surface area contributed by atoms with Gasteiger partial charge in [0, 0.05) is 23.8 Å². The molecule has 0 bridgehead atoms. The average molecular weight is 375 g/mol. The number of aromatic nitrogens is 2. The van der Waals surface area contributed by atoms with Crippen LogP contribution in [-0.2, 0) is 0 Å². The predicted molar refractivity (Wildman–Crippen MR) is 93.4 cm³/mol. The van der Waals surface area contributed by atoms with Gasteiger partial charge in [0.15, 0.2) is 6.61 Å². The first-order valence-electron chi connectivity index (χ1n) is 8.13. The normalized spacial score (nSPS) is 12.6. The fourth-order valence-electron chi connectivity index (χ4n) is 2.45. The van der Waals surface area contributed by atoms with Gasteiger partial charge >= 0.3 is 6.18 Å². The number of carbonyl (C=O) groups excluding carboxylic acids is 1. The Kier molecular flexibility index (Phi) is 5.25. The highest BCUT2D eigenvalue weighted by Gasteiger charge is 2.28. The number of alkyl halides is 3.